The summed E-state index contributed by atoms with van der Waals surface area (Å²) in [4.78, 5) is 0.292. The molecule has 2 rings (SSSR count). The van der Waals surface area contributed by atoms with Crippen molar-refractivity contribution in [3.63, 3.8) is 0 Å². The summed E-state index contributed by atoms with van der Waals surface area (Å²) in [6.07, 6.45) is 2.21. The van der Waals surface area contributed by atoms with E-state index in [2.05, 4.69) is 5.11 Å². The quantitative estimate of drug-likeness (QED) is 0.314. The molecule has 1 aromatic carbocycles. The van der Waals surface area contributed by atoms with Crippen molar-refractivity contribution in [3.05, 3.63) is 29.0 Å². The van der Waals surface area contributed by atoms with Crippen LogP contribution in [0.4, 0.5) is 5.69 Å². The first-order chi connectivity index (χ1) is 7.53. The van der Waals surface area contributed by atoms with Gasteiger partial charge in [-0.15, -0.1) is 0 Å². The lowest BCUT2D eigenvalue weighted by molar-refractivity contribution is -0.436. The third kappa shape index (κ3) is 1.70. The average molecular weight is 217 g/mol. The molecule has 1 heterocycles. The summed E-state index contributed by atoms with van der Waals surface area (Å²) in [5.74, 6) is 0.529. The molecule has 5 nitrogen and oxygen atoms in total. The first-order valence-electron chi connectivity index (χ1n) is 4.91. The molecule has 0 spiro atoms. The van der Waals surface area contributed by atoms with Gasteiger partial charge < -0.3 is 9.94 Å². The molecule has 0 N–H and O–H groups in total. The summed E-state index contributed by atoms with van der Waals surface area (Å²) in [7, 11) is 0. The molecular weight excluding hydrogens is 206 g/mol. The maximum absolute atomic E-state index is 11.5. The number of hydrogen-bond acceptors (Lipinski definition) is 4. The highest BCUT2D eigenvalue weighted by Gasteiger charge is 2.34. The molecule has 1 aliphatic heterocycles. The second-order valence-electron chi connectivity index (χ2n) is 4.28. The Labute approximate surface area is 93.2 Å². The topological polar surface area (TPSA) is 71.5 Å². The smallest absolute Gasteiger partial charge is 0.287 e. The van der Waals surface area contributed by atoms with Crippen molar-refractivity contribution in [3.8, 4) is 11.9 Å². The summed E-state index contributed by atoms with van der Waals surface area (Å²) in [5, 5.41) is 22.9. The number of rotatable bonds is 1. The summed E-state index contributed by atoms with van der Waals surface area (Å²) < 4.78 is 5.68. The molecule has 0 saturated heterocycles. The summed E-state index contributed by atoms with van der Waals surface area (Å²) in [6.45, 7) is 3.90. The molecule has 0 aliphatic carbocycles. The molecule has 0 radical (unpaired) electrons. The monoisotopic (exact) mass is 217 g/mol. The fraction of sp³-hybridized carbons (Fsp3) is 0.364. The maximum Gasteiger partial charge on any atom is 0.287 e. The molecular formula is C11H11N3O2. The third-order valence-corrected chi connectivity index (χ3v) is 2.41. The van der Waals surface area contributed by atoms with E-state index in [4.69, 9.17) is 10.00 Å². The zero-order chi connectivity index (χ0) is 11.8. The number of nitrogens with zero attached hydrogens (tertiary/aromatic N) is 3. The van der Waals surface area contributed by atoms with Gasteiger partial charge in [0.05, 0.1) is 5.11 Å². The molecule has 0 atom stereocenters. The number of fused-ring (bicyclic) bond motifs is 1. The zero-order valence-electron chi connectivity index (χ0n) is 9.10. The van der Waals surface area contributed by atoms with Gasteiger partial charge >= 0.3 is 0 Å². The van der Waals surface area contributed by atoms with Crippen LogP contribution < -0.4 is 4.74 Å². The molecule has 0 bridgehead atoms. The van der Waals surface area contributed by atoms with Gasteiger partial charge in [-0.3, -0.25) is 0 Å². The first-order valence-corrected chi connectivity index (χ1v) is 4.91. The van der Waals surface area contributed by atoms with Crippen LogP contribution in [0, 0.1) is 16.7 Å². The van der Waals surface area contributed by atoms with Crippen LogP contribution in [-0.2, 0) is 6.42 Å². The fourth-order valence-electron chi connectivity index (χ4n) is 1.84. The number of ether oxygens (including phenoxy) is 1. The van der Waals surface area contributed by atoms with Gasteiger partial charge in [-0.05, 0) is 18.7 Å². The average Bonchev–Trinajstić information content (AvgIpc) is 2.51. The van der Waals surface area contributed by atoms with E-state index in [0.717, 1.165) is 12.0 Å². The van der Waals surface area contributed by atoms with Crippen LogP contribution in [-0.4, -0.2) is 10.5 Å². The number of para-hydroxylation sites is 1. The lowest BCUT2D eigenvalue weighted by Crippen LogP contribution is -2.24. The Morgan fingerprint density at radius 2 is 2.31 bits per heavy atom. The van der Waals surface area contributed by atoms with E-state index in [0.29, 0.717) is 10.6 Å². The van der Waals surface area contributed by atoms with E-state index >= 15 is 0 Å². The molecule has 0 amide bonds. The molecule has 16 heavy (non-hydrogen) atoms. The van der Waals surface area contributed by atoms with Gasteiger partial charge in [0.2, 0.25) is 0 Å². The standard InChI is InChI=1S/C11H11N3O2/c1-11(2)6-8-4-3-5-9(10(8)16-11)14(15)13-7-12/h3-5H,6H2,1-2H3. The third-order valence-electron chi connectivity index (χ3n) is 2.41. The Kier molecular flexibility index (Phi) is 2.27. The van der Waals surface area contributed by atoms with Crippen molar-refractivity contribution < 1.29 is 9.60 Å². The lowest BCUT2D eigenvalue weighted by atomic mass is 10.0. The predicted molar refractivity (Wildman–Crippen MR) is 56.2 cm³/mol. The van der Waals surface area contributed by atoms with E-state index in [1.807, 2.05) is 19.9 Å². The normalized spacial score (nSPS) is 17.4. The van der Waals surface area contributed by atoms with E-state index in [-0.39, 0.29) is 11.3 Å². The minimum absolute atomic E-state index is 0.282. The van der Waals surface area contributed by atoms with Crippen molar-refractivity contribution in [2.24, 2.45) is 5.11 Å². The van der Waals surface area contributed by atoms with E-state index in [1.165, 1.54) is 6.19 Å². The molecule has 5 heteroatoms. The van der Waals surface area contributed by atoms with E-state index in [9.17, 15) is 5.21 Å². The summed E-state index contributed by atoms with van der Waals surface area (Å²) >= 11 is 0. The minimum atomic E-state index is -0.314. The minimum Gasteiger partial charge on any atom is -0.593 e. The second kappa shape index (κ2) is 3.49. The second-order valence-corrected chi connectivity index (χ2v) is 4.28. The Hall–Kier alpha value is -2.09. The van der Waals surface area contributed by atoms with Crippen LogP contribution in [0.1, 0.15) is 19.4 Å². The Morgan fingerprint density at radius 3 is 3.00 bits per heavy atom. The van der Waals surface area contributed by atoms with Crippen molar-refractivity contribution in [1.82, 2.24) is 0 Å². The van der Waals surface area contributed by atoms with Crippen molar-refractivity contribution in [2.45, 2.75) is 25.9 Å². The predicted octanol–water partition coefficient (Wildman–Crippen LogP) is 2.48. The zero-order valence-corrected chi connectivity index (χ0v) is 9.10. The Morgan fingerprint density at radius 1 is 1.56 bits per heavy atom. The summed E-state index contributed by atoms with van der Waals surface area (Å²) in [5.41, 5.74) is 0.937. The van der Waals surface area contributed by atoms with Crippen LogP contribution in [0.15, 0.2) is 23.3 Å². The molecule has 82 valence electrons. The number of nitriles is 1. The van der Waals surface area contributed by atoms with Gasteiger partial charge in [0.1, 0.15) is 5.60 Å². The highest BCUT2D eigenvalue weighted by atomic mass is 16.5. The van der Waals surface area contributed by atoms with Crippen LogP contribution in [0.2, 0.25) is 0 Å². The van der Waals surface area contributed by atoms with Crippen LogP contribution in [0.3, 0.4) is 0 Å². The van der Waals surface area contributed by atoms with Crippen LogP contribution in [0.5, 0.6) is 5.75 Å². The highest BCUT2D eigenvalue weighted by molar-refractivity contribution is 5.54. The van der Waals surface area contributed by atoms with Gasteiger partial charge in [-0.2, -0.15) is 5.26 Å². The van der Waals surface area contributed by atoms with Crippen molar-refractivity contribution in [2.75, 3.05) is 0 Å². The van der Waals surface area contributed by atoms with Gasteiger partial charge in [-0.1, -0.05) is 12.1 Å². The van der Waals surface area contributed by atoms with Crippen LogP contribution >= 0.6 is 0 Å². The molecule has 0 fully saturated rings. The highest BCUT2D eigenvalue weighted by Crippen LogP contribution is 2.41. The molecule has 1 aliphatic rings. The van der Waals surface area contributed by atoms with Gasteiger partial charge in [0.15, 0.2) is 5.75 Å². The molecule has 0 unspecified atom stereocenters. The number of benzene rings is 1. The molecule has 0 saturated carbocycles. The van der Waals surface area contributed by atoms with E-state index < -0.39 is 0 Å². The van der Waals surface area contributed by atoms with Gasteiger partial charge in [-0.25, -0.2) is 0 Å². The van der Waals surface area contributed by atoms with Crippen molar-refractivity contribution >= 4 is 5.69 Å². The molecule has 0 aromatic heterocycles. The SMILES string of the molecule is CC1(C)Cc2cccc([N+]([O-])=NC#N)c2O1. The summed E-state index contributed by atoms with van der Waals surface area (Å²) in [6, 6.07) is 5.26. The van der Waals surface area contributed by atoms with Crippen molar-refractivity contribution in [1.29, 1.82) is 5.26 Å². The Bertz CT molecular complexity index is 500. The largest absolute Gasteiger partial charge is 0.593 e. The maximum atomic E-state index is 11.5. The van der Waals surface area contributed by atoms with E-state index in [1.54, 1.807) is 12.1 Å². The van der Waals surface area contributed by atoms with Crippen LogP contribution in [0.25, 0.3) is 0 Å². The Balaban J connectivity index is 2.50. The fourth-order valence-corrected chi connectivity index (χ4v) is 1.84. The van der Waals surface area contributed by atoms with Gasteiger partial charge in [0, 0.05) is 18.1 Å². The first kappa shape index (κ1) is 10.4. The number of hydrogen-bond donors (Lipinski definition) is 0. The van der Waals surface area contributed by atoms with Gasteiger partial charge in [0.25, 0.3) is 11.9 Å². The molecule has 1 aromatic rings. The lowest BCUT2D eigenvalue weighted by Gasteiger charge is -2.16. The number of azo groups is 1.